The first-order chi connectivity index (χ1) is 8.55. The summed E-state index contributed by atoms with van der Waals surface area (Å²) < 4.78 is 10.5. The minimum absolute atomic E-state index is 0.252. The molecule has 1 aliphatic rings. The van der Waals surface area contributed by atoms with Crippen LogP contribution in [0.4, 0.5) is 0 Å². The third-order valence-corrected chi connectivity index (χ3v) is 3.37. The van der Waals surface area contributed by atoms with Gasteiger partial charge in [-0.05, 0) is 44.5 Å². The number of hydrogen-bond donors (Lipinski definition) is 2. The predicted molar refractivity (Wildman–Crippen MR) is 66.0 cm³/mol. The summed E-state index contributed by atoms with van der Waals surface area (Å²) in [4.78, 5) is 11.2. The van der Waals surface area contributed by atoms with Crippen LogP contribution in [0.1, 0.15) is 18.9 Å². The summed E-state index contributed by atoms with van der Waals surface area (Å²) in [6, 6.07) is 5.70. The molecule has 1 aromatic carbocycles. The van der Waals surface area contributed by atoms with Gasteiger partial charge in [0, 0.05) is 0 Å². The zero-order valence-electron chi connectivity index (χ0n) is 10.5. The molecule has 0 aliphatic carbocycles. The fraction of sp³-hybridized carbons (Fsp3) is 0.462. The Morgan fingerprint density at radius 1 is 1.44 bits per heavy atom. The van der Waals surface area contributed by atoms with Crippen molar-refractivity contribution in [3.8, 4) is 11.5 Å². The van der Waals surface area contributed by atoms with E-state index in [0.29, 0.717) is 12.8 Å². The highest BCUT2D eigenvalue weighted by atomic mass is 16.7. The first-order valence-electron chi connectivity index (χ1n) is 5.86. The molecule has 0 saturated heterocycles. The van der Waals surface area contributed by atoms with Crippen LogP contribution in [0.2, 0.25) is 0 Å². The fourth-order valence-electron chi connectivity index (χ4n) is 1.83. The average Bonchev–Trinajstić information content (AvgIpc) is 2.82. The Hall–Kier alpha value is -1.75. The minimum Gasteiger partial charge on any atom is -0.480 e. The average molecular weight is 251 g/mol. The van der Waals surface area contributed by atoms with Crippen LogP contribution < -0.4 is 14.8 Å². The molecule has 0 amide bonds. The summed E-state index contributed by atoms with van der Waals surface area (Å²) in [5.74, 6) is 0.632. The van der Waals surface area contributed by atoms with Gasteiger partial charge in [-0.1, -0.05) is 6.07 Å². The highest BCUT2D eigenvalue weighted by Crippen LogP contribution is 2.33. The molecule has 1 aliphatic heterocycles. The van der Waals surface area contributed by atoms with E-state index in [1.165, 1.54) is 0 Å². The third-order valence-electron chi connectivity index (χ3n) is 3.37. The van der Waals surface area contributed by atoms with Crippen LogP contribution in [0.25, 0.3) is 0 Å². The lowest BCUT2D eigenvalue weighted by molar-refractivity contribution is -0.144. The van der Waals surface area contributed by atoms with Crippen molar-refractivity contribution in [3.05, 3.63) is 23.8 Å². The van der Waals surface area contributed by atoms with Gasteiger partial charge >= 0.3 is 5.97 Å². The summed E-state index contributed by atoms with van der Waals surface area (Å²) in [5, 5.41) is 12.0. The second kappa shape index (κ2) is 4.86. The van der Waals surface area contributed by atoms with Gasteiger partial charge in [0.25, 0.3) is 0 Å². The van der Waals surface area contributed by atoms with Crippen molar-refractivity contribution < 1.29 is 19.4 Å². The molecule has 1 heterocycles. The van der Waals surface area contributed by atoms with Gasteiger partial charge in [0.15, 0.2) is 11.5 Å². The van der Waals surface area contributed by atoms with E-state index in [9.17, 15) is 4.79 Å². The number of ether oxygens (including phenoxy) is 2. The maximum Gasteiger partial charge on any atom is 0.323 e. The van der Waals surface area contributed by atoms with Crippen molar-refractivity contribution in [2.45, 2.75) is 25.3 Å². The molecule has 2 N–H and O–H groups in total. The standard InChI is InChI=1S/C13H17NO4/c1-13(14-2,12(15)16)6-5-9-3-4-10-11(7-9)18-8-17-10/h3-4,7,14H,5-6,8H2,1-2H3,(H,15,16). The van der Waals surface area contributed by atoms with E-state index in [2.05, 4.69) is 5.32 Å². The van der Waals surface area contributed by atoms with E-state index in [0.717, 1.165) is 17.1 Å². The molecule has 5 nitrogen and oxygen atoms in total. The number of likely N-dealkylation sites (N-methyl/N-ethyl adjacent to an activating group) is 1. The molecule has 0 radical (unpaired) electrons. The maximum absolute atomic E-state index is 11.2. The Balaban J connectivity index is 2.04. The molecule has 5 heteroatoms. The van der Waals surface area contributed by atoms with Crippen molar-refractivity contribution in [1.82, 2.24) is 5.32 Å². The molecule has 0 fully saturated rings. The van der Waals surface area contributed by atoms with Gasteiger partial charge in [0.05, 0.1) is 0 Å². The number of nitrogens with one attached hydrogen (secondary N) is 1. The molecule has 98 valence electrons. The van der Waals surface area contributed by atoms with E-state index >= 15 is 0 Å². The third kappa shape index (κ3) is 2.41. The largest absolute Gasteiger partial charge is 0.480 e. The molecule has 0 aromatic heterocycles. The highest BCUT2D eigenvalue weighted by molar-refractivity contribution is 5.78. The zero-order chi connectivity index (χ0) is 13.2. The summed E-state index contributed by atoms with van der Waals surface area (Å²) in [5.41, 5.74) is 0.137. The fourth-order valence-corrected chi connectivity index (χ4v) is 1.83. The minimum atomic E-state index is -0.906. The molecule has 1 aromatic rings. The van der Waals surface area contributed by atoms with Gasteiger partial charge < -0.3 is 19.9 Å². The number of carbonyl (C=O) groups is 1. The van der Waals surface area contributed by atoms with E-state index in [1.54, 1.807) is 14.0 Å². The summed E-state index contributed by atoms with van der Waals surface area (Å²) in [7, 11) is 1.66. The highest BCUT2D eigenvalue weighted by Gasteiger charge is 2.30. The van der Waals surface area contributed by atoms with Crippen LogP contribution in [-0.2, 0) is 11.2 Å². The smallest absolute Gasteiger partial charge is 0.323 e. The lowest BCUT2D eigenvalue weighted by Gasteiger charge is -2.24. The number of carboxylic acid groups (broad SMARTS) is 1. The van der Waals surface area contributed by atoms with Crippen molar-refractivity contribution >= 4 is 5.97 Å². The van der Waals surface area contributed by atoms with Crippen molar-refractivity contribution in [3.63, 3.8) is 0 Å². The number of aryl methyl sites for hydroxylation is 1. The second-order valence-corrected chi connectivity index (χ2v) is 4.57. The Morgan fingerprint density at radius 3 is 2.83 bits per heavy atom. The van der Waals surface area contributed by atoms with Crippen molar-refractivity contribution in [2.75, 3.05) is 13.8 Å². The Morgan fingerprint density at radius 2 is 2.17 bits per heavy atom. The Kier molecular flexibility index (Phi) is 3.43. The molecule has 1 atom stereocenters. The van der Waals surface area contributed by atoms with Crippen LogP contribution >= 0.6 is 0 Å². The number of fused-ring (bicyclic) bond motifs is 1. The molecule has 0 saturated carbocycles. The van der Waals surface area contributed by atoms with Crippen LogP contribution in [0.3, 0.4) is 0 Å². The Bertz CT molecular complexity index is 460. The Labute approximate surface area is 106 Å². The first kappa shape index (κ1) is 12.7. The van der Waals surface area contributed by atoms with Crippen LogP contribution in [0.15, 0.2) is 18.2 Å². The van der Waals surface area contributed by atoms with E-state index in [1.807, 2.05) is 18.2 Å². The van der Waals surface area contributed by atoms with Gasteiger partial charge in [-0.15, -0.1) is 0 Å². The number of hydrogen-bond acceptors (Lipinski definition) is 4. The van der Waals surface area contributed by atoms with Crippen molar-refractivity contribution in [2.24, 2.45) is 0 Å². The van der Waals surface area contributed by atoms with Crippen LogP contribution in [0.5, 0.6) is 11.5 Å². The van der Waals surface area contributed by atoms with Gasteiger partial charge in [-0.3, -0.25) is 4.79 Å². The molecular formula is C13H17NO4. The van der Waals surface area contributed by atoms with Gasteiger partial charge in [-0.2, -0.15) is 0 Å². The maximum atomic E-state index is 11.2. The monoisotopic (exact) mass is 251 g/mol. The predicted octanol–water partition coefficient (Wildman–Crippen LogP) is 1.41. The SMILES string of the molecule is CNC(C)(CCc1ccc2c(c1)OCO2)C(=O)O. The van der Waals surface area contributed by atoms with E-state index in [4.69, 9.17) is 14.6 Å². The number of aliphatic carboxylic acids is 1. The molecule has 1 unspecified atom stereocenters. The number of carboxylic acids is 1. The summed E-state index contributed by atoms with van der Waals surface area (Å²) >= 11 is 0. The lowest BCUT2D eigenvalue weighted by atomic mass is 9.93. The molecular weight excluding hydrogens is 234 g/mol. The first-order valence-corrected chi connectivity index (χ1v) is 5.86. The van der Waals surface area contributed by atoms with E-state index in [-0.39, 0.29) is 6.79 Å². The second-order valence-electron chi connectivity index (χ2n) is 4.57. The van der Waals surface area contributed by atoms with Gasteiger partial charge in [0.1, 0.15) is 5.54 Å². The van der Waals surface area contributed by atoms with Gasteiger partial charge in [0.2, 0.25) is 6.79 Å². The van der Waals surface area contributed by atoms with E-state index < -0.39 is 11.5 Å². The quantitative estimate of drug-likeness (QED) is 0.828. The molecule has 18 heavy (non-hydrogen) atoms. The topological polar surface area (TPSA) is 67.8 Å². The lowest BCUT2D eigenvalue weighted by Crippen LogP contribution is -2.47. The number of rotatable bonds is 5. The molecule has 2 rings (SSSR count). The summed E-state index contributed by atoms with van der Waals surface area (Å²) in [6.07, 6.45) is 1.18. The van der Waals surface area contributed by atoms with Gasteiger partial charge in [-0.25, -0.2) is 0 Å². The van der Waals surface area contributed by atoms with Crippen LogP contribution in [0, 0.1) is 0 Å². The summed E-state index contributed by atoms with van der Waals surface area (Å²) in [6.45, 7) is 1.93. The normalized spacial score (nSPS) is 16.3. The molecule has 0 spiro atoms. The van der Waals surface area contributed by atoms with Crippen LogP contribution in [-0.4, -0.2) is 30.5 Å². The van der Waals surface area contributed by atoms with Crippen molar-refractivity contribution in [1.29, 1.82) is 0 Å². The zero-order valence-corrected chi connectivity index (χ0v) is 10.5. The molecule has 0 bridgehead atoms. The number of benzene rings is 1.